The molecule has 0 saturated carbocycles. The Hall–Kier alpha value is -2.38. The molecule has 1 heteroatoms. The Bertz CT molecular complexity index is 858. The molecule has 0 fully saturated rings. The number of aliphatic hydroxyl groups is 1. The largest absolute Gasteiger partial charge is 0.392 e. The fourth-order valence-electron chi connectivity index (χ4n) is 3.58. The van der Waals surface area contributed by atoms with E-state index in [9.17, 15) is 0 Å². The molecule has 1 aliphatic rings. The predicted molar refractivity (Wildman–Crippen MR) is 139 cm³/mol. The van der Waals surface area contributed by atoms with E-state index in [1.807, 2.05) is 31.2 Å². The monoisotopic (exact) mass is 418 g/mol. The highest BCUT2D eigenvalue weighted by molar-refractivity contribution is 5.37. The Morgan fingerprint density at radius 3 is 1.87 bits per heavy atom. The molecule has 1 nitrogen and oxygen atoms in total. The van der Waals surface area contributed by atoms with Crippen LogP contribution in [0.25, 0.3) is 0 Å². The van der Waals surface area contributed by atoms with Gasteiger partial charge in [-0.25, -0.2) is 0 Å². The zero-order valence-electron chi connectivity index (χ0n) is 20.7. The van der Waals surface area contributed by atoms with Crippen molar-refractivity contribution in [1.29, 1.82) is 0 Å². The van der Waals surface area contributed by atoms with Crippen LogP contribution in [0.4, 0.5) is 0 Å². The highest BCUT2D eigenvalue weighted by Gasteiger charge is 2.26. The van der Waals surface area contributed by atoms with Gasteiger partial charge < -0.3 is 5.11 Å². The lowest BCUT2D eigenvalue weighted by atomic mass is 9.72. The highest BCUT2D eigenvalue weighted by Crippen LogP contribution is 2.40. The van der Waals surface area contributed by atoms with Crippen LogP contribution < -0.4 is 0 Å². The maximum absolute atomic E-state index is 8.98. The topological polar surface area (TPSA) is 20.2 Å². The van der Waals surface area contributed by atoms with Gasteiger partial charge in [0, 0.05) is 0 Å². The first-order valence-corrected chi connectivity index (χ1v) is 11.4. The number of aliphatic hydroxyl groups excluding tert-OH is 1. The molecule has 0 aromatic carbocycles. The Morgan fingerprint density at radius 1 is 0.806 bits per heavy atom. The van der Waals surface area contributed by atoms with E-state index in [1.165, 1.54) is 41.6 Å². The van der Waals surface area contributed by atoms with Crippen LogP contribution in [0.3, 0.4) is 0 Å². The summed E-state index contributed by atoms with van der Waals surface area (Å²) >= 11 is 0. The van der Waals surface area contributed by atoms with Crippen molar-refractivity contribution in [3.63, 3.8) is 0 Å². The lowest BCUT2D eigenvalue weighted by Gasteiger charge is -2.32. The molecule has 0 aromatic heterocycles. The second-order valence-corrected chi connectivity index (χ2v) is 9.27. The lowest BCUT2D eigenvalue weighted by molar-refractivity contribution is 0.331. The van der Waals surface area contributed by atoms with E-state index in [2.05, 4.69) is 90.2 Å². The summed E-state index contributed by atoms with van der Waals surface area (Å²) in [6, 6.07) is 0. The van der Waals surface area contributed by atoms with E-state index in [1.54, 1.807) is 0 Å². The van der Waals surface area contributed by atoms with E-state index in [-0.39, 0.29) is 12.0 Å². The van der Waals surface area contributed by atoms with Crippen molar-refractivity contribution >= 4 is 0 Å². The van der Waals surface area contributed by atoms with Crippen LogP contribution in [0.1, 0.15) is 67.7 Å². The van der Waals surface area contributed by atoms with Gasteiger partial charge in [-0.2, -0.15) is 0 Å². The summed E-state index contributed by atoms with van der Waals surface area (Å²) in [6.07, 6.45) is 29.0. The first-order chi connectivity index (χ1) is 14.7. The molecule has 0 heterocycles. The Kier molecular flexibility index (Phi) is 11.9. The van der Waals surface area contributed by atoms with Crippen LogP contribution in [0, 0.1) is 5.41 Å². The van der Waals surface area contributed by atoms with Gasteiger partial charge in [-0.05, 0) is 70.4 Å². The first kappa shape index (κ1) is 26.7. The molecule has 31 heavy (non-hydrogen) atoms. The fraction of sp³-hybridized carbons (Fsp3) is 0.400. The predicted octanol–water partition coefficient (Wildman–Crippen LogP) is 8.52. The summed E-state index contributed by atoms with van der Waals surface area (Å²) in [5, 5.41) is 8.98. The molecule has 0 spiro atoms. The standard InChI is InChI=1S/C30H42O/c1-24(13-8-9-14-25(2)16-11-18-27(4)23-31)15-10-17-26(3)20-21-29-28(5)19-12-22-30(29,6)7/h8-11,13-18,20-21,31H,12,19,22-23H2,1-7H3. The van der Waals surface area contributed by atoms with Crippen LogP contribution in [0.2, 0.25) is 0 Å². The van der Waals surface area contributed by atoms with E-state index in [4.69, 9.17) is 5.11 Å². The normalized spacial score (nSPS) is 19.7. The van der Waals surface area contributed by atoms with E-state index < -0.39 is 0 Å². The van der Waals surface area contributed by atoms with Gasteiger partial charge in [0.25, 0.3) is 0 Å². The SMILES string of the molecule is CC(C=CC=C(C)C=CC1=C(C)CCCC1(C)C)=CC=CC=C(C)C=CC=C(C)CO. The smallest absolute Gasteiger partial charge is 0.0642 e. The zero-order valence-corrected chi connectivity index (χ0v) is 20.7. The number of rotatable bonds is 9. The number of hydrogen-bond donors (Lipinski definition) is 1. The van der Waals surface area contributed by atoms with Crippen LogP contribution in [0.5, 0.6) is 0 Å². The van der Waals surface area contributed by atoms with Crippen molar-refractivity contribution < 1.29 is 5.11 Å². The van der Waals surface area contributed by atoms with Gasteiger partial charge in [-0.3, -0.25) is 0 Å². The van der Waals surface area contributed by atoms with E-state index >= 15 is 0 Å². The molecule has 1 N–H and O–H groups in total. The summed E-state index contributed by atoms with van der Waals surface area (Å²) in [5.41, 5.74) is 7.92. The van der Waals surface area contributed by atoms with Gasteiger partial charge in [0.2, 0.25) is 0 Å². The third-order valence-electron chi connectivity index (χ3n) is 5.59. The van der Waals surface area contributed by atoms with Gasteiger partial charge in [0.1, 0.15) is 0 Å². The quantitative estimate of drug-likeness (QED) is 0.372. The van der Waals surface area contributed by atoms with Crippen molar-refractivity contribution in [2.45, 2.75) is 67.7 Å². The minimum absolute atomic E-state index is 0.103. The van der Waals surface area contributed by atoms with Crippen molar-refractivity contribution in [1.82, 2.24) is 0 Å². The maximum atomic E-state index is 8.98. The van der Waals surface area contributed by atoms with Gasteiger partial charge in [-0.1, -0.05) is 109 Å². The second kappa shape index (κ2) is 13.8. The molecular weight excluding hydrogens is 376 g/mol. The van der Waals surface area contributed by atoms with Crippen LogP contribution >= 0.6 is 0 Å². The number of allylic oxidation sites excluding steroid dienone is 17. The van der Waals surface area contributed by atoms with Gasteiger partial charge >= 0.3 is 0 Å². The molecule has 0 amide bonds. The molecular formula is C30H42O. The number of hydrogen-bond acceptors (Lipinski definition) is 1. The summed E-state index contributed by atoms with van der Waals surface area (Å²) in [4.78, 5) is 0. The molecule has 0 bridgehead atoms. The van der Waals surface area contributed by atoms with Crippen LogP contribution in [-0.2, 0) is 0 Å². The molecule has 1 aliphatic carbocycles. The van der Waals surface area contributed by atoms with Gasteiger partial charge in [-0.15, -0.1) is 0 Å². The van der Waals surface area contributed by atoms with Gasteiger partial charge in [0.05, 0.1) is 6.61 Å². The molecule has 0 unspecified atom stereocenters. The van der Waals surface area contributed by atoms with Crippen LogP contribution in [0.15, 0.2) is 106 Å². The minimum Gasteiger partial charge on any atom is -0.392 e. The lowest BCUT2D eigenvalue weighted by Crippen LogP contribution is -2.19. The minimum atomic E-state index is 0.103. The first-order valence-electron chi connectivity index (χ1n) is 11.4. The Balaban J connectivity index is 2.64. The van der Waals surface area contributed by atoms with E-state index in [0.717, 1.165) is 11.1 Å². The molecule has 0 saturated heterocycles. The summed E-state index contributed by atoms with van der Waals surface area (Å²) in [5.74, 6) is 0. The molecule has 0 atom stereocenters. The highest BCUT2D eigenvalue weighted by atomic mass is 16.3. The van der Waals surface area contributed by atoms with Gasteiger partial charge in [0.15, 0.2) is 0 Å². The molecule has 0 aromatic rings. The van der Waals surface area contributed by atoms with Crippen molar-refractivity contribution in [3.8, 4) is 0 Å². The fourth-order valence-corrected chi connectivity index (χ4v) is 3.58. The molecule has 0 aliphatic heterocycles. The van der Waals surface area contributed by atoms with Crippen molar-refractivity contribution in [3.05, 3.63) is 106 Å². The zero-order chi connectivity index (χ0) is 23.3. The maximum Gasteiger partial charge on any atom is 0.0642 e. The van der Waals surface area contributed by atoms with Crippen LogP contribution in [-0.4, -0.2) is 11.7 Å². The summed E-state index contributed by atoms with van der Waals surface area (Å²) in [6.45, 7) is 15.3. The average Bonchev–Trinajstić information content (AvgIpc) is 2.70. The third kappa shape index (κ3) is 11.0. The summed E-state index contributed by atoms with van der Waals surface area (Å²) < 4.78 is 0. The van der Waals surface area contributed by atoms with Crippen molar-refractivity contribution in [2.24, 2.45) is 5.41 Å². The second-order valence-electron chi connectivity index (χ2n) is 9.27. The summed E-state index contributed by atoms with van der Waals surface area (Å²) in [7, 11) is 0. The van der Waals surface area contributed by atoms with E-state index in [0.29, 0.717) is 0 Å². The van der Waals surface area contributed by atoms with Crippen molar-refractivity contribution in [2.75, 3.05) is 6.61 Å². The third-order valence-corrected chi connectivity index (χ3v) is 5.59. The Morgan fingerprint density at radius 2 is 1.32 bits per heavy atom. The molecule has 168 valence electrons. The Labute approximate surface area is 191 Å². The molecule has 0 radical (unpaired) electrons. The molecule has 1 rings (SSSR count). The average molecular weight is 419 g/mol.